The molecule has 0 saturated heterocycles. The van der Waals surface area contributed by atoms with Gasteiger partial charge in [-0.1, -0.05) is 49.7 Å². The number of unbranched alkanes of at least 4 members (excludes halogenated alkanes) is 1. The fourth-order valence-electron chi connectivity index (χ4n) is 2.99. The van der Waals surface area contributed by atoms with Gasteiger partial charge in [-0.2, -0.15) is 0 Å². The number of rotatable bonds is 8. The summed E-state index contributed by atoms with van der Waals surface area (Å²) in [4.78, 5) is 24.8. The van der Waals surface area contributed by atoms with E-state index in [4.69, 9.17) is 21.7 Å². The van der Waals surface area contributed by atoms with Gasteiger partial charge in [0, 0.05) is 5.56 Å². The number of ether oxygens (including phenoxy) is 2. The van der Waals surface area contributed by atoms with Crippen LogP contribution >= 0.6 is 12.2 Å². The summed E-state index contributed by atoms with van der Waals surface area (Å²) >= 11 is 5.11. The van der Waals surface area contributed by atoms with E-state index in [-0.39, 0.29) is 5.11 Å². The van der Waals surface area contributed by atoms with E-state index in [0.717, 1.165) is 23.6 Å². The van der Waals surface area contributed by atoms with Crippen LogP contribution in [0.1, 0.15) is 37.0 Å². The molecule has 0 radical (unpaired) electrons. The van der Waals surface area contributed by atoms with Crippen LogP contribution in [0.4, 0.5) is 0 Å². The minimum Gasteiger partial charge on any atom is -0.494 e. The Hall–Kier alpha value is -3.65. The lowest BCUT2D eigenvalue weighted by Gasteiger charge is -2.16. The van der Waals surface area contributed by atoms with E-state index >= 15 is 0 Å². The molecule has 33 heavy (non-hydrogen) atoms. The van der Waals surface area contributed by atoms with Gasteiger partial charge in [-0.05, 0) is 66.7 Å². The molecular formula is C25H27N3O4S. The summed E-state index contributed by atoms with van der Waals surface area (Å²) in [5, 5.41) is 4.59. The van der Waals surface area contributed by atoms with Gasteiger partial charge in [0.25, 0.3) is 11.8 Å². The molecule has 172 valence electrons. The summed E-state index contributed by atoms with van der Waals surface area (Å²) in [6.07, 6.45) is 1.18. The molecule has 0 heterocycles. The Morgan fingerprint density at radius 2 is 1.73 bits per heavy atom. The number of carbonyl (C=O) groups is 2. The lowest BCUT2D eigenvalue weighted by molar-refractivity contribution is -0.127. The molecule has 0 aliphatic carbocycles. The molecule has 3 aromatic rings. The summed E-state index contributed by atoms with van der Waals surface area (Å²) in [6, 6.07) is 20.3. The number of hydrogen-bond donors (Lipinski definition) is 3. The second-order valence-electron chi connectivity index (χ2n) is 7.40. The van der Waals surface area contributed by atoms with Gasteiger partial charge in [-0.25, -0.2) is 0 Å². The number of amides is 2. The third kappa shape index (κ3) is 7.18. The predicted molar refractivity (Wildman–Crippen MR) is 132 cm³/mol. The molecule has 0 fully saturated rings. The highest BCUT2D eigenvalue weighted by Crippen LogP contribution is 2.21. The van der Waals surface area contributed by atoms with Gasteiger partial charge in [0.15, 0.2) is 11.2 Å². The molecule has 0 aliphatic heterocycles. The summed E-state index contributed by atoms with van der Waals surface area (Å²) in [6.45, 7) is 4.29. The molecule has 0 aromatic heterocycles. The summed E-state index contributed by atoms with van der Waals surface area (Å²) in [5.74, 6) is 0.338. The van der Waals surface area contributed by atoms with E-state index in [0.29, 0.717) is 23.7 Å². The largest absolute Gasteiger partial charge is 0.494 e. The highest BCUT2D eigenvalue weighted by atomic mass is 32.1. The lowest BCUT2D eigenvalue weighted by Crippen LogP contribution is -2.51. The smallest absolute Gasteiger partial charge is 0.279 e. The van der Waals surface area contributed by atoms with Gasteiger partial charge in [-0.15, -0.1) is 0 Å². The molecule has 7 nitrogen and oxygen atoms in total. The average molecular weight is 466 g/mol. The Labute approximate surface area is 198 Å². The van der Waals surface area contributed by atoms with Crippen LogP contribution in [0.25, 0.3) is 10.8 Å². The second kappa shape index (κ2) is 11.8. The van der Waals surface area contributed by atoms with Crippen LogP contribution in [0.5, 0.6) is 11.5 Å². The highest BCUT2D eigenvalue weighted by Gasteiger charge is 2.16. The number of hydrazine groups is 1. The minimum absolute atomic E-state index is 0.0384. The summed E-state index contributed by atoms with van der Waals surface area (Å²) in [5.41, 5.74) is 5.37. The average Bonchev–Trinajstić information content (AvgIpc) is 2.82. The van der Waals surface area contributed by atoms with Gasteiger partial charge in [0.05, 0.1) is 6.61 Å². The maximum absolute atomic E-state index is 12.4. The Kier molecular flexibility index (Phi) is 8.60. The minimum atomic E-state index is -0.783. The molecule has 3 N–H and O–H groups in total. The SMILES string of the molecule is CCCCOc1cccc(C(=O)NC(=S)NNC(=O)C(C)Oc2ccc3ccccc3c2)c1. The first-order valence-corrected chi connectivity index (χ1v) is 11.2. The fourth-order valence-corrected chi connectivity index (χ4v) is 3.13. The zero-order valence-corrected chi connectivity index (χ0v) is 19.4. The molecule has 0 aliphatic rings. The van der Waals surface area contributed by atoms with E-state index in [2.05, 4.69) is 23.1 Å². The van der Waals surface area contributed by atoms with E-state index in [9.17, 15) is 9.59 Å². The summed E-state index contributed by atoms with van der Waals surface area (Å²) in [7, 11) is 0. The Bertz CT molecular complexity index is 1140. The van der Waals surface area contributed by atoms with Crippen LogP contribution in [0.3, 0.4) is 0 Å². The zero-order valence-electron chi connectivity index (χ0n) is 18.6. The number of fused-ring (bicyclic) bond motifs is 1. The third-order valence-electron chi connectivity index (χ3n) is 4.79. The number of carbonyl (C=O) groups excluding carboxylic acids is 2. The van der Waals surface area contributed by atoms with Crippen LogP contribution in [-0.2, 0) is 4.79 Å². The van der Waals surface area contributed by atoms with Crippen molar-refractivity contribution < 1.29 is 19.1 Å². The van der Waals surface area contributed by atoms with Crippen molar-refractivity contribution in [2.45, 2.75) is 32.8 Å². The van der Waals surface area contributed by atoms with Crippen molar-refractivity contribution in [3.05, 3.63) is 72.3 Å². The number of hydrogen-bond acceptors (Lipinski definition) is 5. The number of benzene rings is 3. The molecular weight excluding hydrogens is 438 g/mol. The zero-order chi connectivity index (χ0) is 23.6. The number of nitrogens with one attached hydrogen (secondary N) is 3. The topological polar surface area (TPSA) is 88.7 Å². The van der Waals surface area contributed by atoms with Crippen molar-refractivity contribution in [2.75, 3.05) is 6.61 Å². The monoisotopic (exact) mass is 465 g/mol. The maximum atomic E-state index is 12.4. The molecule has 2 amide bonds. The van der Waals surface area contributed by atoms with Crippen molar-refractivity contribution >= 4 is 39.9 Å². The van der Waals surface area contributed by atoms with E-state index < -0.39 is 17.9 Å². The fraction of sp³-hybridized carbons (Fsp3) is 0.240. The maximum Gasteiger partial charge on any atom is 0.279 e. The van der Waals surface area contributed by atoms with Gasteiger partial charge in [-0.3, -0.25) is 25.8 Å². The highest BCUT2D eigenvalue weighted by molar-refractivity contribution is 7.80. The van der Waals surface area contributed by atoms with Crippen molar-refractivity contribution in [2.24, 2.45) is 0 Å². The van der Waals surface area contributed by atoms with Crippen LogP contribution in [0, 0.1) is 0 Å². The second-order valence-corrected chi connectivity index (χ2v) is 7.80. The Morgan fingerprint density at radius 1 is 0.939 bits per heavy atom. The number of thiocarbonyl (C=S) groups is 1. The van der Waals surface area contributed by atoms with Crippen molar-refractivity contribution in [3.8, 4) is 11.5 Å². The standard InChI is InChI=1S/C25H27N3O4S/c1-3-4-14-31-21-11-7-10-20(16-21)24(30)26-25(33)28-27-23(29)17(2)32-22-13-12-18-8-5-6-9-19(18)15-22/h5-13,15-17H,3-4,14H2,1-2H3,(H,27,29)(H2,26,28,30,33). The summed E-state index contributed by atoms with van der Waals surface area (Å²) < 4.78 is 11.3. The van der Waals surface area contributed by atoms with Crippen LogP contribution in [0.2, 0.25) is 0 Å². The first-order chi connectivity index (χ1) is 16.0. The molecule has 0 spiro atoms. The van der Waals surface area contributed by atoms with Crippen LogP contribution in [0.15, 0.2) is 66.7 Å². The van der Waals surface area contributed by atoms with Gasteiger partial charge >= 0.3 is 0 Å². The van der Waals surface area contributed by atoms with Crippen LogP contribution < -0.4 is 25.6 Å². The molecule has 3 rings (SSSR count). The van der Waals surface area contributed by atoms with E-state index in [1.54, 1.807) is 31.2 Å². The van der Waals surface area contributed by atoms with Gasteiger partial charge in [0.2, 0.25) is 0 Å². The van der Waals surface area contributed by atoms with Crippen molar-refractivity contribution in [1.82, 2.24) is 16.2 Å². The first-order valence-electron chi connectivity index (χ1n) is 10.8. The van der Waals surface area contributed by atoms with E-state index in [1.807, 2.05) is 42.5 Å². The third-order valence-corrected chi connectivity index (χ3v) is 5.00. The normalized spacial score (nSPS) is 11.3. The molecule has 1 unspecified atom stereocenters. The van der Waals surface area contributed by atoms with Crippen LogP contribution in [-0.4, -0.2) is 29.6 Å². The molecule has 3 aromatic carbocycles. The van der Waals surface area contributed by atoms with Crippen molar-refractivity contribution in [3.63, 3.8) is 0 Å². The quantitative estimate of drug-likeness (QED) is 0.263. The molecule has 8 heteroatoms. The predicted octanol–water partition coefficient (Wildman–Crippen LogP) is 4.12. The molecule has 1 atom stereocenters. The molecule has 0 saturated carbocycles. The van der Waals surface area contributed by atoms with E-state index in [1.165, 1.54) is 0 Å². The Balaban J connectivity index is 1.46. The van der Waals surface area contributed by atoms with Gasteiger partial charge < -0.3 is 9.47 Å². The Morgan fingerprint density at radius 3 is 2.52 bits per heavy atom. The van der Waals surface area contributed by atoms with Gasteiger partial charge in [0.1, 0.15) is 11.5 Å². The molecule has 0 bridgehead atoms. The lowest BCUT2D eigenvalue weighted by atomic mass is 10.1. The van der Waals surface area contributed by atoms with Crippen molar-refractivity contribution in [1.29, 1.82) is 0 Å². The first kappa shape index (κ1) is 24.0.